The molecule has 47 heavy (non-hydrogen) atoms. The van der Waals surface area contributed by atoms with Crippen LogP contribution in [-0.2, 0) is 20.7 Å². The molecule has 0 aliphatic carbocycles. The number of aliphatic imine (C=N–C) groups is 1. The second-order valence-corrected chi connectivity index (χ2v) is 13.0. The first-order valence-corrected chi connectivity index (χ1v) is 16.7. The highest BCUT2D eigenvalue weighted by atomic mass is 35.5. The molecule has 11 nitrogen and oxygen atoms in total. The van der Waals surface area contributed by atoms with E-state index in [2.05, 4.69) is 15.2 Å². The largest absolute Gasteiger partial charge is 0.481 e. The lowest BCUT2D eigenvalue weighted by atomic mass is 9.95. The zero-order chi connectivity index (χ0) is 33.2. The van der Waals surface area contributed by atoms with Gasteiger partial charge in [0.15, 0.2) is 10.8 Å². The number of rotatable bonds is 10. The Bertz CT molecular complexity index is 1770. The Morgan fingerprint density at radius 3 is 2.70 bits per heavy atom. The number of fused-ring (bicyclic) bond motifs is 1. The van der Waals surface area contributed by atoms with Crippen molar-refractivity contribution in [2.75, 3.05) is 44.2 Å². The number of esters is 1. The molecule has 15 heteroatoms. The molecule has 0 spiro atoms. The average molecular weight is 702 g/mol. The van der Waals surface area contributed by atoms with Crippen molar-refractivity contribution in [2.45, 2.75) is 31.8 Å². The molecule has 0 saturated carbocycles. The van der Waals surface area contributed by atoms with E-state index in [-0.39, 0.29) is 37.1 Å². The van der Waals surface area contributed by atoms with E-state index in [9.17, 15) is 18.8 Å². The van der Waals surface area contributed by atoms with Crippen molar-refractivity contribution in [3.63, 3.8) is 0 Å². The van der Waals surface area contributed by atoms with Gasteiger partial charge >= 0.3 is 18.0 Å². The Kier molecular flexibility index (Phi) is 9.78. The molecular formula is C32H31Cl2FN6O5S. The lowest BCUT2D eigenvalue weighted by Gasteiger charge is -2.38. The summed E-state index contributed by atoms with van der Waals surface area (Å²) in [5.74, 6) is -1.58. The number of aromatic nitrogens is 1. The predicted molar refractivity (Wildman–Crippen MR) is 177 cm³/mol. The lowest BCUT2D eigenvalue weighted by molar-refractivity contribution is -0.139. The number of carboxylic acid groups (broad SMARTS) is 1. The van der Waals surface area contributed by atoms with Crippen molar-refractivity contribution in [1.29, 1.82) is 0 Å². The number of amides is 2. The third-order valence-corrected chi connectivity index (χ3v) is 9.63. The van der Waals surface area contributed by atoms with Crippen molar-refractivity contribution in [3.05, 3.63) is 91.2 Å². The second-order valence-electron chi connectivity index (χ2n) is 11.3. The molecule has 1 aromatic heterocycles. The number of carbonyl (C=O) groups is 3. The first-order valence-electron chi connectivity index (χ1n) is 15.0. The lowest BCUT2D eigenvalue weighted by Crippen LogP contribution is -2.53. The van der Waals surface area contributed by atoms with Crippen LogP contribution in [0.3, 0.4) is 0 Å². The first kappa shape index (κ1) is 32.9. The number of carboxylic acids is 1. The Morgan fingerprint density at radius 2 is 2.00 bits per heavy atom. The van der Waals surface area contributed by atoms with E-state index in [1.807, 2.05) is 5.38 Å². The van der Waals surface area contributed by atoms with Gasteiger partial charge in [0.2, 0.25) is 0 Å². The molecule has 3 aromatic rings. The van der Waals surface area contributed by atoms with E-state index in [1.54, 1.807) is 47.2 Å². The fourth-order valence-electron chi connectivity index (χ4n) is 6.07. The molecule has 2 atom stereocenters. The van der Waals surface area contributed by atoms with Crippen LogP contribution in [0.2, 0.25) is 10.0 Å². The van der Waals surface area contributed by atoms with Crippen LogP contribution in [0.1, 0.15) is 35.5 Å². The molecule has 0 unspecified atom stereocenters. The van der Waals surface area contributed by atoms with Crippen LogP contribution < -0.4 is 10.2 Å². The topological polar surface area (TPSA) is 128 Å². The van der Waals surface area contributed by atoms with Crippen LogP contribution in [0.5, 0.6) is 0 Å². The van der Waals surface area contributed by atoms with E-state index < -0.39 is 23.8 Å². The molecule has 2 N–H and O–H groups in total. The number of nitrogens with one attached hydrogen (secondary N) is 1. The Morgan fingerprint density at radius 1 is 1.17 bits per heavy atom. The Balaban J connectivity index is 1.26. The van der Waals surface area contributed by atoms with Crippen molar-refractivity contribution in [3.8, 4) is 0 Å². The summed E-state index contributed by atoms with van der Waals surface area (Å²) < 4.78 is 20.3. The molecular weight excluding hydrogens is 670 g/mol. The van der Waals surface area contributed by atoms with Gasteiger partial charge in [-0.1, -0.05) is 35.3 Å². The number of aryl methyl sites for hydroxylation is 1. The number of ether oxygens (including phenoxy) is 1. The maximum atomic E-state index is 14.8. The van der Waals surface area contributed by atoms with E-state index in [0.717, 1.165) is 0 Å². The molecule has 0 bridgehead atoms. The molecule has 0 radical (unpaired) electrons. The maximum Gasteiger partial charge on any atom is 0.338 e. The number of halogens is 3. The molecule has 3 aliphatic rings. The van der Waals surface area contributed by atoms with Gasteiger partial charge < -0.3 is 20.1 Å². The summed E-state index contributed by atoms with van der Waals surface area (Å²) in [6.45, 7) is 4.02. The van der Waals surface area contributed by atoms with Crippen molar-refractivity contribution in [2.24, 2.45) is 4.99 Å². The van der Waals surface area contributed by atoms with Gasteiger partial charge in [0.1, 0.15) is 11.9 Å². The zero-order valence-corrected chi connectivity index (χ0v) is 27.6. The molecule has 246 valence electrons. The fourth-order valence-corrected chi connectivity index (χ4v) is 7.17. The smallest absolute Gasteiger partial charge is 0.338 e. The number of aliphatic carboxylic acids is 1. The monoisotopic (exact) mass is 700 g/mol. The molecule has 2 amide bonds. The van der Waals surface area contributed by atoms with E-state index in [0.29, 0.717) is 76.1 Å². The number of benzene rings is 2. The third kappa shape index (κ3) is 6.98. The van der Waals surface area contributed by atoms with Gasteiger partial charge in [-0.2, -0.15) is 0 Å². The van der Waals surface area contributed by atoms with Crippen LogP contribution in [0, 0.1) is 5.82 Å². The maximum absolute atomic E-state index is 14.8. The van der Waals surface area contributed by atoms with Crippen LogP contribution in [0.25, 0.3) is 0 Å². The van der Waals surface area contributed by atoms with Gasteiger partial charge in [0.25, 0.3) is 0 Å². The third-order valence-electron chi connectivity index (χ3n) is 8.29. The quantitative estimate of drug-likeness (QED) is 0.279. The zero-order valence-electron chi connectivity index (χ0n) is 25.3. The van der Waals surface area contributed by atoms with Crippen molar-refractivity contribution in [1.82, 2.24) is 20.1 Å². The Labute approximate surface area is 284 Å². The van der Waals surface area contributed by atoms with Gasteiger partial charge in [-0.05, 0) is 43.2 Å². The number of hydrogen-bond acceptors (Lipinski definition) is 9. The molecule has 4 heterocycles. The number of carbonyl (C=O) groups excluding carboxylic acids is 2. The highest BCUT2D eigenvalue weighted by molar-refractivity contribution is 7.11. The van der Waals surface area contributed by atoms with E-state index >= 15 is 0 Å². The number of piperazine rings is 1. The van der Waals surface area contributed by atoms with Crippen molar-refractivity contribution >= 4 is 64.0 Å². The van der Waals surface area contributed by atoms with Crippen LogP contribution in [0.15, 0.2) is 64.2 Å². The summed E-state index contributed by atoms with van der Waals surface area (Å²) in [5, 5.41) is 15.6. The average Bonchev–Trinajstić information content (AvgIpc) is 3.69. The summed E-state index contributed by atoms with van der Waals surface area (Å²) >= 11 is 14.2. The molecule has 3 aliphatic heterocycles. The summed E-state index contributed by atoms with van der Waals surface area (Å²) in [6.07, 6.45) is 1.56. The van der Waals surface area contributed by atoms with Gasteiger partial charge in [-0.3, -0.25) is 19.6 Å². The molecule has 6 rings (SSSR count). The fraction of sp³-hybridized carbons (Fsp3) is 0.344. The SMILES string of the molecule is CCOC(=O)C1=C(CN2CCN3C(=O)N(c4ccc(CCC(=O)O)c(F)c4)C[C@@H]3C2)NC(c2nccs2)=N[C@H]1c1ccc(Cl)cc1Cl. The van der Waals surface area contributed by atoms with E-state index in [4.69, 9.17) is 38.0 Å². The highest BCUT2D eigenvalue weighted by Crippen LogP contribution is 2.38. The summed E-state index contributed by atoms with van der Waals surface area (Å²) in [5.41, 5.74) is 2.21. The van der Waals surface area contributed by atoms with Gasteiger partial charge in [-0.25, -0.2) is 19.0 Å². The van der Waals surface area contributed by atoms with Gasteiger partial charge in [0.05, 0.1) is 18.2 Å². The molecule has 2 fully saturated rings. The summed E-state index contributed by atoms with van der Waals surface area (Å²) in [4.78, 5) is 52.7. The number of anilines is 1. The summed E-state index contributed by atoms with van der Waals surface area (Å²) in [6, 6.07) is 8.34. The number of urea groups is 1. The second kappa shape index (κ2) is 14.0. The number of nitrogens with zero attached hydrogens (tertiary/aromatic N) is 5. The number of amidine groups is 1. The van der Waals surface area contributed by atoms with Gasteiger partial charge in [-0.15, -0.1) is 11.3 Å². The minimum atomic E-state index is -1.01. The highest BCUT2D eigenvalue weighted by Gasteiger charge is 2.42. The molecule has 2 aromatic carbocycles. The Hall–Kier alpha value is -4.04. The van der Waals surface area contributed by atoms with Crippen LogP contribution in [0.4, 0.5) is 14.9 Å². The van der Waals surface area contributed by atoms with E-state index in [1.165, 1.54) is 23.5 Å². The standard InChI is InChI=1S/C32H31Cl2FN6O5S/c1-2-46-31(44)27-25(37-29(30-36-9-12-47-30)38-28(27)22-7-5-19(33)13-23(22)34)17-39-10-11-40-21(15-39)16-41(32(40)45)20-6-3-18(24(35)14-20)4-8-26(42)43/h3,5-7,9,12-14,21,28H,2,4,8,10-11,15-17H2,1H3,(H,37,38)(H,42,43)/t21-,28-/m0/s1. The van der Waals surface area contributed by atoms with Crippen LogP contribution in [-0.4, -0.2) is 89.1 Å². The molecule has 2 saturated heterocycles. The van der Waals surface area contributed by atoms with Crippen molar-refractivity contribution < 1.29 is 28.6 Å². The number of hydrogen-bond donors (Lipinski definition) is 2. The number of thiazole rings is 1. The normalized spacial score (nSPS) is 19.8. The van der Waals surface area contributed by atoms with Crippen LogP contribution >= 0.6 is 34.5 Å². The minimum absolute atomic E-state index is 0.0663. The first-order chi connectivity index (χ1) is 22.6. The van der Waals surface area contributed by atoms with Gasteiger partial charge in [0, 0.05) is 77.7 Å². The summed E-state index contributed by atoms with van der Waals surface area (Å²) in [7, 11) is 0. The predicted octanol–water partition coefficient (Wildman–Crippen LogP) is 5.14. The minimum Gasteiger partial charge on any atom is -0.481 e.